The van der Waals surface area contributed by atoms with Crippen LogP contribution in [0.25, 0.3) is 11.1 Å². The first kappa shape index (κ1) is 18.3. The summed E-state index contributed by atoms with van der Waals surface area (Å²) in [6.45, 7) is 0. The van der Waals surface area contributed by atoms with Crippen molar-refractivity contribution in [3.05, 3.63) is 90.0 Å². The van der Waals surface area contributed by atoms with Gasteiger partial charge in [0.1, 0.15) is 5.75 Å². The van der Waals surface area contributed by atoms with Crippen molar-refractivity contribution in [2.75, 3.05) is 0 Å². The Kier molecular flexibility index (Phi) is 4.90. The van der Waals surface area contributed by atoms with E-state index in [9.17, 15) is 13.2 Å². The standard InChI is InChI=1S/C23H18F3NO/c24-23(25,26)28-20-12-10-17(11-13-20)16-6-8-19(9-7-16)22-15-14-21(27-22)18-4-2-1-3-5-18/h1-13,22H,14-15H2/t22-/m0/s1. The zero-order valence-corrected chi connectivity index (χ0v) is 15.0. The van der Waals surface area contributed by atoms with E-state index >= 15 is 0 Å². The van der Waals surface area contributed by atoms with Crippen molar-refractivity contribution in [3.63, 3.8) is 0 Å². The molecule has 0 spiro atoms. The number of alkyl halides is 3. The molecule has 3 aromatic rings. The Morgan fingerprint density at radius 1 is 0.750 bits per heavy atom. The summed E-state index contributed by atoms with van der Waals surface area (Å²) in [6, 6.07) is 24.3. The van der Waals surface area contributed by atoms with Gasteiger partial charge in [0.2, 0.25) is 0 Å². The van der Waals surface area contributed by atoms with Gasteiger partial charge < -0.3 is 4.74 Å². The van der Waals surface area contributed by atoms with Crippen molar-refractivity contribution in [2.24, 2.45) is 4.99 Å². The van der Waals surface area contributed by atoms with Crippen molar-refractivity contribution in [3.8, 4) is 16.9 Å². The molecule has 1 atom stereocenters. The van der Waals surface area contributed by atoms with Gasteiger partial charge in [0.15, 0.2) is 0 Å². The molecule has 0 N–H and O–H groups in total. The summed E-state index contributed by atoms with van der Waals surface area (Å²) in [7, 11) is 0. The molecule has 0 fully saturated rings. The summed E-state index contributed by atoms with van der Waals surface area (Å²) in [5.74, 6) is -0.221. The van der Waals surface area contributed by atoms with E-state index in [2.05, 4.69) is 16.9 Å². The lowest BCUT2D eigenvalue weighted by molar-refractivity contribution is -0.274. The molecule has 28 heavy (non-hydrogen) atoms. The minimum Gasteiger partial charge on any atom is -0.406 e. The van der Waals surface area contributed by atoms with Gasteiger partial charge in [-0.1, -0.05) is 66.7 Å². The molecule has 0 aliphatic carbocycles. The Bertz CT molecular complexity index is 961. The second kappa shape index (κ2) is 7.50. The molecule has 4 rings (SSSR count). The molecule has 2 nitrogen and oxygen atoms in total. The molecule has 0 unspecified atom stereocenters. The molecule has 5 heteroatoms. The Morgan fingerprint density at radius 2 is 1.36 bits per heavy atom. The number of ether oxygens (including phenoxy) is 1. The quantitative estimate of drug-likeness (QED) is 0.500. The minimum atomic E-state index is -4.68. The van der Waals surface area contributed by atoms with Gasteiger partial charge in [-0.25, -0.2) is 0 Å². The fourth-order valence-corrected chi connectivity index (χ4v) is 3.43. The Hall–Kier alpha value is -3.08. The number of rotatable bonds is 4. The third kappa shape index (κ3) is 4.25. The van der Waals surface area contributed by atoms with Crippen LogP contribution in [0.4, 0.5) is 13.2 Å². The number of benzene rings is 3. The topological polar surface area (TPSA) is 21.6 Å². The van der Waals surface area contributed by atoms with Gasteiger partial charge in [-0.05, 0) is 47.2 Å². The summed E-state index contributed by atoms with van der Waals surface area (Å²) in [4.78, 5) is 4.87. The molecule has 0 radical (unpaired) electrons. The van der Waals surface area contributed by atoms with Crippen LogP contribution in [0.2, 0.25) is 0 Å². The van der Waals surface area contributed by atoms with Crippen molar-refractivity contribution in [2.45, 2.75) is 25.2 Å². The fourth-order valence-electron chi connectivity index (χ4n) is 3.43. The first-order chi connectivity index (χ1) is 13.5. The Balaban J connectivity index is 1.48. The maximum atomic E-state index is 12.3. The number of nitrogens with zero attached hydrogens (tertiary/aromatic N) is 1. The summed E-state index contributed by atoms with van der Waals surface area (Å²) in [5.41, 5.74) is 5.22. The van der Waals surface area contributed by atoms with Gasteiger partial charge in [0, 0.05) is 5.71 Å². The highest BCUT2D eigenvalue weighted by Gasteiger charge is 2.31. The van der Waals surface area contributed by atoms with Crippen molar-refractivity contribution in [1.29, 1.82) is 0 Å². The zero-order chi connectivity index (χ0) is 19.6. The van der Waals surface area contributed by atoms with E-state index in [1.165, 1.54) is 17.7 Å². The van der Waals surface area contributed by atoms with Crippen LogP contribution in [-0.4, -0.2) is 12.1 Å². The maximum absolute atomic E-state index is 12.3. The lowest BCUT2D eigenvalue weighted by Gasteiger charge is -2.10. The maximum Gasteiger partial charge on any atom is 0.573 e. The van der Waals surface area contributed by atoms with Crippen molar-refractivity contribution >= 4 is 5.71 Å². The van der Waals surface area contributed by atoms with E-state index in [0.717, 1.165) is 35.2 Å². The average molecular weight is 381 g/mol. The van der Waals surface area contributed by atoms with Crippen LogP contribution < -0.4 is 4.74 Å². The minimum absolute atomic E-state index is 0.145. The third-order valence-electron chi connectivity index (χ3n) is 4.79. The molecule has 0 bridgehead atoms. The molecule has 142 valence electrons. The number of hydrogen-bond donors (Lipinski definition) is 0. The van der Waals surface area contributed by atoms with Crippen LogP contribution in [-0.2, 0) is 0 Å². The van der Waals surface area contributed by atoms with Crippen molar-refractivity contribution in [1.82, 2.24) is 0 Å². The molecule has 1 heterocycles. The highest BCUT2D eigenvalue weighted by Crippen LogP contribution is 2.33. The lowest BCUT2D eigenvalue weighted by Crippen LogP contribution is -2.16. The smallest absolute Gasteiger partial charge is 0.406 e. The normalized spacial score (nSPS) is 16.7. The van der Waals surface area contributed by atoms with Gasteiger partial charge in [-0.2, -0.15) is 0 Å². The van der Waals surface area contributed by atoms with E-state index < -0.39 is 6.36 Å². The summed E-state index contributed by atoms with van der Waals surface area (Å²) >= 11 is 0. The first-order valence-corrected chi connectivity index (χ1v) is 9.06. The molecule has 1 aliphatic heterocycles. The van der Waals surface area contributed by atoms with Crippen LogP contribution in [0.1, 0.15) is 30.0 Å². The van der Waals surface area contributed by atoms with E-state index in [1.807, 2.05) is 42.5 Å². The van der Waals surface area contributed by atoms with Crippen LogP contribution in [0.3, 0.4) is 0 Å². The average Bonchev–Trinajstić information content (AvgIpc) is 3.19. The number of hydrogen-bond acceptors (Lipinski definition) is 2. The summed E-state index contributed by atoms with van der Waals surface area (Å²) in [5, 5.41) is 0. The van der Waals surface area contributed by atoms with E-state index in [0.29, 0.717) is 0 Å². The molecular weight excluding hydrogens is 363 g/mol. The molecule has 0 amide bonds. The second-order valence-electron chi connectivity index (χ2n) is 6.69. The summed E-state index contributed by atoms with van der Waals surface area (Å²) < 4.78 is 40.7. The van der Waals surface area contributed by atoms with Crippen LogP contribution in [0.15, 0.2) is 83.9 Å². The molecule has 0 saturated heterocycles. The van der Waals surface area contributed by atoms with E-state index in [4.69, 9.17) is 4.99 Å². The van der Waals surface area contributed by atoms with E-state index in [1.54, 1.807) is 12.1 Å². The predicted octanol–water partition coefficient (Wildman–Crippen LogP) is 6.58. The fraction of sp³-hybridized carbons (Fsp3) is 0.174. The zero-order valence-electron chi connectivity index (χ0n) is 15.0. The van der Waals surface area contributed by atoms with Gasteiger partial charge in [0.25, 0.3) is 0 Å². The summed E-state index contributed by atoms with van der Waals surface area (Å²) in [6.07, 6.45) is -2.74. The van der Waals surface area contributed by atoms with Gasteiger partial charge in [-0.15, -0.1) is 13.2 Å². The highest BCUT2D eigenvalue weighted by atomic mass is 19.4. The monoisotopic (exact) mass is 381 g/mol. The van der Waals surface area contributed by atoms with Crippen LogP contribution >= 0.6 is 0 Å². The molecule has 3 aromatic carbocycles. The molecular formula is C23H18F3NO. The Morgan fingerprint density at radius 3 is 1.96 bits per heavy atom. The molecule has 0 aromatic heterocycles. The first-order valence-electron chi connectivity index (χ1n) is 9.06. The number of aliphatic imine (C=N–C) groups is 1. The third-order valence-corrected chi connectivity index (χ3v) is 4.79. The van der Waals surface area contributed by atoms with Crippen LogP contribution in [0, 0.1) is 0 Å². The lowest BCUT2D eigenvalue weighted by atomic mass is 9.99. The van der Waals surface area contributed by atoms with Gasteiger partial charge in [-0.3, -0.25) is 4.99 Å². The van der Waals surface area contributed by atoms with E-state index in [-0.39, 0.29) is 11.8 Å². The highest BCUT2D eigenvalue weighted by molar-refractivity contribution is 6.01. The largest absolute Gasteiger partial charge is 0.573 e. The second-order valence-corrected chi connectivity index (χ2v) is 6.69. The van der Waals surface area contributed by atoms with Gasteiger partial charge in [0.05, 0.1) is 6.04 Å². The van der Waals surface area contributed by atoms with Gasteiger partial charge >= 0.3 is 6.36 Å². The van der Waals surface area contributed by atoms with Crippen LogP contribution in [0.5, 0.6) is 5.75 Å². The SMILES string of the molecule is FC(F)(F)Oc1ccc(-c2ccc([C@@H]3CCC(c4ccccc4)=N3)cc2)cc1. The Labute approximate surface area is 161 Å². The van der Waals surface area contributed by atoms with Crippen molar-refractivity contribution < 1.29 is 17.9 Å². The molecule has 0 saturated carbocycles. The predicted molar refractivity (Wildman–Crippen MR) is 104 cm³/mol. The number of halogens is 3. The molecule has 1 aliphatic rings.